The molecule has 0 heterocycles. The standard InChI is InChI=1S/C16H20BNO/c1-17(2)13-8-10-15(11-9-13)19-16-7-5-6-14(12-16)18(3)4/h5-12H,1-4H3. The third-order valence-corrected chi connectivity index (χ3v) is 3.12. The number of benzene rings is 2. The topological polar surface area (TPSA) is 12.5 Å². The van der Waals surface area contributed by atoms with Gasteiger partial charge in [-0.2, -0.15) is 0 Å². The molecule has 0 aliphatic carbocycles. The lowest BCUT2D eigenvalue weighted by molar-refractivity contribution is 0.483. The van der Waals surface area contributed by atoms with Gasteiger partial charge >= 0.3 is 0 Å². The lowest BCUT2D eigenvalue weighted by Crippen LogP contribution is -2.21. The van der Waals surface area contributed by atoms with Gasteiger partial charge in [0, 0.05) is 25.8 Å². The molecule has 98 valence electrons. The summed E-state index contributed by atoms with van der Waals surface area (Å²) < 4.78 is 5.88. The van der Waals surface area contributed by atoms with E-state index in [2.05, 4.69) is 36.7 Å². The smallest absolute Gasteiger partial charge is 0.169 e. The lowest BCUT2D eigenvalue weighted by atomic mass is 9.49. The normalized spacial score (nSPS) is 10.1. The van der Waals surface area contributed by atoms with Crippen molar-refractivity contribution in [3.05, 3.63) is 48.5 Å². The van der Waals surface area contributed by atoms with Crippen LogP contribution in [0.3, 0.4) is 0 Å². The summed E-state index contributed by atoms with van der Waals surface area (Å²) in [6.07, 6.45) is 0. The molecule has 19 heavy (non-hydrogen) atoms. The van der Waals surface area contributed by atoms with Crippen molar-refractivity contribution in [3.8, 4) is 11.5 Å². The van der Waals surface area contributed by atoms with Crippen LogP contribution in [0, 0.1) is 0 Å². The Morgan fingerprint density at radius 3 is 2.16 bits per heavy atom. The minimum atomic E-state index is 0.547. The molecule has 0 amide bonds. The van der Waals surface area contributed by atoms with Gasteiger partial charge in [0.15, 0.2) is 6.71 Å². The highest BCUT2D eigenvalue weighted by Crippen LogP contribution is 2.24. The maximum absolute atomic E-state index is 5.88. The molecule has 0 saturated heterocycles. The number of ether oxygens (including phenoxy) is 1. The molecule has 0 aliphatic rings. The van der Waals surface area contributed by atoms with Gasteiger partial charge in [0.05, 0.1) is 0 Å². The SMILES string of the molecule is CB(C)c1ccc(Oc2cccc(N(C)C)c2)cc1. The average Bonchev–Trinajstić information content (AvgIpc) is 2.39. The van der Waals surface area contributed by atoms with Crippen LogP contribution < -0.4 is 15.1 Å². The van der Waals surface area contributed by atoms with Crippen LogP contribution in [-0.4, -0.2) is 20.8 Å². The Hall–Kier alpha value is -1.90. The summed E-state index contributed by atoms with van der Waals surface area (Å²) in [7, 11) is 4.05. The highest BCUT2D eigenvalue weighted by molar-refractivity contribution is 6.70. The molecule has 0 atom stereocenters. The third kappa shape index (κ3) is 3.54. The first-order valence-corrected chi connectivity index (χ1v) is 6.61. The first-order valence-electron chi connectivity index (χ1n) is 6.61. The zero-order valence-electron chi connectivity index (χ0n) is 12.1. The van der Waals surface area contributed by atoms with Crippen LogP contribution in [0.2, 0.25) is 13.6 Å². The largest absolute Gasteiger partial charge is 0.457 e. The minimum Gasteiger partial charge on any atom is -0.457 e. The number of hydrogen-bond acceptors (Lipinski definition) is 2. The van der Waals surface area contributed by atoms with Gasteiger partial charge < -0.3 is 9.64 Å². The van der Waals surface area contributed by atoms with Crippen LogP contribution >= 0.6 is 0 Å². The van der Waals surface area contributed by atoms with E-state index in [0.717, 1.165) is 17.2 Å². The van der Waals surface area contributed by atoms with Crippen LogP contribution in [0.25, 0.3) is 0 Å². The van der Waals surface area contributed by atoms with E-state index in [9.17, 15) is 0 Å². The van der Waals surface area contributed by atoms with Crippen molar-refractivity contribution in [1.82, 2.24) is 0 Å². The van der Waals surface area contributed by atoms with Crippen LogP contribution in [0.4, 0.5) is 5.69 Å². The van der Waals surface area contributed by atoms with Crippen molar-refractivity contribution >= 4 is 17.9 Å². The fourth-order valence-corrected chi connectivity index (χ4v) is 1.88. The Morgan fingerprint density at radius 2 is 1.58 bits per heavy atom. The van der Waals surface area contributed by atoms with Crippen molar-refractivity contribution in [2.75, 3.05) is 19.0 Å². The number of anilines is 1. The van der Waals surface area contributed by atoms with E-state index in [4.69, 9.17) is 4.74 Å². The molecule has 0 aliphatic heterocycles. The van der Waals surface area contributed by atoms with Crippen molar-refractivity contribution in [2.24, 2.45) is 0 Å². The second-order valence-corrected chi connectivity index (χ2v) is 5.22. The van der Waals surface area contributed by atoms with Crippen molar-refractivity contribution in [2.45, 2.75) is 13.6 Å². The van der Waals surface area contributed by atoms with Gasteiger partial charge in [-0.3, -0.25) is 0 Å². The zero-order chi connectivity index (χ0) is 13.8. The second-order valence-electron chi connectivity index (χ2n) is 5.22. The van der Waals surface area contributed by atoms with E-state index in [1.807, 2.05) is 44.4 Å². The lowest BCUT2D eigenvalue weighted by Gasteiger charge is -2.14. The molecule has 0 radical (unpaired) electrons. The van der Waals surface area contributed by atoms with Crippen molar-refractivity contribution in [3.63, 3.8) is 0 Å². The number of hydrogen-bond donors (Lipinski definition) is 0. The molecule has 0 N–H and O–H groups in total. The van der Waals surface area contributed by atoms with Crippen LogP contribution in [-0.2, 0) is 0 Å². The summed E-state index contributed by atoms with van der Waals surface area (Å²) in [5.41, 5.74) is 2.46. The Bertz CT molecular complexity index is 535. The van der Waals surface area contributed by atoms with Crippen molar-refractivity contribution < 1.29 is 4.74 Å². The van der Waals surface area contributed by atoms with E-state index >= 15 is 0 Å². The molecule has 2 aromatic carbocycles. The number of rotatable bonds is 4. The average molecular weight is 253 g/mol. The van der Waals surface area contributed by atoms with Gasteiger partial charge in [-0.05, 0) is 24.3 Å². The Kier molecular flexibility index (Phi) is 4.15. The fraction of sp³-hybridized carbons (Fsp3) is 0.250. The molecule has 3 heteroatoms. The molecule has 0 spiro atoms. The summed E-state index contributed by atoms with van der Waals surface area (Å²) in [5.74, 6) is 1.74. The summed E-state index contributed by atoms with van der Waals surface area (Å²) >= 11 is 0. The summed E-state index contributed by atoms with van der Waals surface area (Å²) in [5, 5.41) is 0. The molecule has 2 nitrogen and oxygen atoms in total. The molecule has 2 aromatic rings. The van der Waals surface area contributed by atoms with Crippen LogP contribution in [0.15, 0.2) is 48.5 Å². The Morgan fingerprint density at radius 1 is 0.895 bits per heavy atom. The molecule has 0 bridgehead atoms. The summed E-state index contributed by atoms with van der Waals surface area (Å²) in [6.45, 7) is 4.93. The minimum absolute atomic E-state index is 0.547. The molecule has 0 fully saturated rings. The molecule has 0 saturated carbocycles. The highest BCUT2D eigenvalue weighted by Gasteiger charge is 2.04. The third-order valence-electron chi connectivity index (χ3n) is 3.12. The van der Waals surface area contributed by atoms with Crippen LogP contribution in [0.5, 0.6) is 11.5 Å². The highest BCUT2D eigenvalue weighted by atomic mass is 16.5. The first kappa shape index (κ1) is 13.5. The predicted molar refractivity (Wildman–Crippen MR) is 84.4 cm³/mol. The van der Waals surface area contributed by atoms with Gasteiger partial charge in [-0.1, -0.05) is 37.3 Å². The quantitative estimate of drug-likeness (QED) is 0.773. The molecule has 0 unspecified atom stereocenters. The monoisotopic (exact) mass is 253 g/mol. The van der Waals surface area contributed by atoms with E-state index in [1.165, 1.54) is 5.46 Å². The fourth-order valence-electron chi connectivity index (χ4n) is 1.88. The van der Waals surface area contributed by atoms with E-state index in [-0.39, 0.29) is 0 Å². The Balaban J connectivity index is 2.14. The van der Waals surface area contributed by atoms with Crippen molar-refractivity contribution in [1.29, 1.82) is 0 Å². The van der Waals surface area contributed by atoms with Gasteiger partial charge in [0.1, 0.15) is 11.5 Å². The van der Waals surface area contributed by atoms with Gasteiger partial charge in [-0.25, -0.2) is 0 Å². The predicted octanol–water partition coefficient (Wildman–Crippen LogP) is 3.51. The molecule has 2 rings (SSSR count). The zero-order valence-corrected chi connectivity index (χ0v) is 12.1. The maximum atomic E-state index is 5.88. The van der Waals surface area contributed by atoms with E-state index in [0.29, 0.717) is 6.71 Å². The van der Waals surface area contributed by atoms with Gasteiger partial charge in [0.2, 0.25) is 0 Å². The van der Waals surface area contributed by atoms with Crippen LogP contribution in [0.1, 0.15) is 0 Å². The van der Waals surface area contributed by atoms with E-state index < -0.39 is 0 Å². The molecular formula is C16H20BNO. The molecule has 0 aromatic heterocycles. The Labute approximate surface area is 116 Å². The van der Waals surface area contributed by atoms with Gasteiger partial charge in [-0.15, -0.1) is 0 Å². The first-order chi connectivity index (χ1) is 9.06. The molecular weight excluding hydrogens is 233 g/mol. The second kappa shape index (κ2) is 5.83. The maximum Gasteiger partial charge on any atom is 0.169 e. The van der Waals surface area contributed by atoms with E-state index in [1.54, 1.807) is 0 Å². The summed E-state index contributed by atoms with van der Waals surface area (Å²) in [6, 6.07) is 16.4. The number of nitrogens with zero attached hydrogens (tertiary/aromatic N) is 1. The van der Waals surface area contributed by atoms with Gasteiger partial charge in [0.25, 0.3) is 0 Å². The summed E-state index contributed by atoms with van der Waals surface area (Å²) in [4.78, 5) is 2.06.